The van der Waals surface area contributed by atoms with Gasteiger partial charge in [0.1, 0.15) is 13.2 Å². The molecule has 1 atom stereocenters. The normalized spacial score (nSPS) is 12.2. The van der Waals surface area contributed by atoms with Crippen molar-refractivity contribution in [2.24, 2.45) is 0 Å². The first-order valence-corrected chi connectivity index (χ1v) is 26.0. The summed E-state index contributed by atoms with van der Waals surface area (Å²) in [5.41, 5.74) is 0. The number of unbranched alkanes of at least 4 members (excludes halogenated alkanes) is 30. The molecule has 0 aromatic carbocycles. The van der Waals surface area contributed by atoms with Crippen LogP contribution in [0.2, 0.25) is 0 Å². The molecule has 0 aliphatic rings. The summed E-state index contributed by atoms with van der Waals surface area (Å²) in [6.45, 7) is 6.60. The highest BCUT2D eigenvalue weighted by molar-refractivity contribution is 5.71. The number of hydrogen-bond donors (Lipinski definition) is 0. The molecule has 0 aliphatic carbocycles. The molecule has 0 aromatic heterocycles. The Labute approximate surface area is 372 Å². The molecule has 0 aromatic rings. The fourth-order valence-corrected chi connectivity index (χ4v) is 7.41. The summed E-state index contributed by atoms with van der Waals surface area (Å²) in [4.78, 5) is 37.9. The van der Waals surface area contributed by atoms with Crippen LogP contribution in [0.1, 0.15) is 271 Å². The van der Waals surface area contributed by atoms with Crippen LogP contribution in [0.25, 0.3) is 0 Å². The van der Waals surface area contributed by atoms with E-state index < -0.39 is 6.10 Å². The van der Waals surface area contributed by atoms with E-state index >= 15 is 0 Å². The Balaban J connectivity index is 4.36. The number of esters is 3. The maximum absolute atomic E-state index is 12.8. The fourth-order valence-electron chi connectivity index (χ4n) is 7.41. The second kappa shape index (κ2) is 49.3. The molecule has 0 unspecified atom stereocenters. The van der Waals surface area contributed by atoms with Crippen molar-refractivity contribution in [1.29, 1.82) is 0 Å². The van der Waals surface area contributed by atoms with Gasteiger partial charge in [-0.15, -0.1) is 0 Å². The summed E-state index contributed by atoms with van der Waals surface area (Å²) < 4.78 is 16.8. The summed E-state index contributed by atoms with van der Waals surface area (Å²) >= 11 is 0. The molecule has 0 bridgehead atoms. The van der Waals surface area contributed by atoms with E-state index in [1.54, 1.807) is 0 Å². The van der Waals surface area contributed by atoms with Gasteiger partial charge in [-0.3, -0.25) is 14.4 Å². The van der Waals surface area contributed by atoms with Crippen LogP contribution in [0.5, 0.6) is 0 Å². The average Bonchev–Trinajstić information content (AvgIpc) is 3.24. The van der Waals surface area contributed by atoms with E-state index in [1.165, 1.54) is 154 Å². The zero-order chi connectivity index (χ0) is 43.7. The van der Waals surface area contributed by atoms with E-state index in [-0.39, 0.29) is 31.1 Å². The van der Waals surface area contributed by atoms with E-state index in [4.69, 9.17) is 14.2 Å². The summed E-state index contributed by atoms with van der Waals surface area (Å²) in [6.07, 6.45) is 56.9. The second-order valence-electron chi connectivity index (χ2n) is 17.4. The number of carbonyl (C=O) groups is 3. The fraction of sp³-hybridized carbons (Fsp3) is 0.833. The minimum atomic E-state index is -0.775. The minimum Gasteiger partial charge on any atom is -0.462 e. The zero-order valence-electron chi connectivity index (χ0n) is 40.0. The van der Waals surface area contributed by atoms with Gasteiger partial charge in [-0.1, -0.05) is 211 Å². The van der Waals surface area contributed by atoms with Crippen LogP contribution in [0.4, 0.5) is 0 Å². The van der Waals surface area contributed by atoms with Gasteiger partial charge in [0.2, 0.25) is 0 Å². The van der Waals surface area contributed by atoms with E-state index in [0.717, 1.165) is 77.0 Å². The highest BCUT2D eigenvalue weighted by atomic mass is 16.6. The first-order chi connectivity index (χ1) is 29.5. The van der Waals surface area contributed by atoms with E-state index in [1.807, 2.05) is 0 Å². The van der Waals surface area contributed by atoms with Gasteiger partial charge in [0, 0.05) is 19.3 Å². The van der Waals surface area contributed by atoms with Crippen molar-refractivity contribution < 1.29 is 28.6 Å². The van der Waals surface area contributed by atoms with E-state index in [0.29, 0.717) is 19.3 Å². The maximum atomic E-state index is 12.8. The highest BCUT2D eigenvalue weighted by Gasteiger charge is 2.19. The van der Waals surface area contributed by atoms with Crippen LogP contribution in [-0.4, -0.2) is 37.2 Å². The Hall–Kier alpha value is -2.37. The van der Waals surface area contributed by atoms with Crippen LogP contribution < -0.4 is 0 Å². The van der Waals surface area contributed by atoms with E-state index in [9.17, 15) is 14.4 Å². The lowest BCUT2D eigenvalue weighted by Crippen LogP contribution is -2.30. The Bertz CT molecular complexity index is 1020. The molecule has 0 spiro atoms. The molecule has 350 valence electrons. The van der Waals surface area contributed by atoms with E-state index in [2.05, 4.69) is 57.2 Å². The molecule has 0 amide bonds. The Morgan fingerprint density at radius 3 is 0.967 bits per heavy atom. The Kier molecular flexibility index (Phi) is 47.3. The lowest BCUT2D eigenvalue weighted by molar-refractivity contribution is -0.167. The third-order valence-corrected chi connectivity index (χ3v) is 11.4. The number of allylic oxidation sites excluding steroid dienone is 6. The number of ether oxygens (including phenoxy) is 3. The first kappa shape index (κ1) is 57.6. The van der Waals surface area contributed by atoms with Crippen LogP contribution in [-0.2, 0) is 28.6 Å². The molecule has 0 saturated carbocycles. The number of carbonyl (C=O) groups excluding carboxylic acids is 3. The molecular formula is C54H98O6. The second-order valence-corrected chi connectivity index (χ2v) is 17.4. The van der Waals surface area contributed by atoms with Gasteiger partial charge in [0.15, 0.2) is 6.10 Å². The minimum absolute atomic E-state index is 0.0753. The number of rotatable bonds is 47. The predicted octanol–water partition coefficient (Wildman–Crippen LogP) is 16.9. The summed E-state index contributed by atoms with van der Waals surface area (Å²) in [7, 11) is 0. The lowest BCUT2D eigenvalue weighted by atomic mass is 10.1. The average molecular weight is 843 g/mol. The van der Waals surface area contributed by atoms with Crippen molar-refractivity contribution in [1.82, 2.24) is 0 Å². The maximum Gasteiger partial charge on any atom is 0.306 e. The highest BCUT2D eigenvalue weighted by Crippen LogP contribution is 2.15. The van der Waals surface area contributed by atoms with Gasteiger partial charge in [-0.25, -0.2) is 0 Å². The third-order valence-electron chi connectivity index (χ3n) is 11.4. The monoisotopic (exact) mass is 843 g/mol. The SMILES string of the molecule is CCCCC/C=C\C/C=C\CCCCCCCCCC(=O)OC[C@@H](COC(=O)CCCCCCCCCCCCC)OC(=O)CCCCCCC/C=C\CCCCCCC. The van der Waals surface area contributed by atoms with Crippen molar-refractivity contribution in [3.8, 4) is 0 Å². The molecule has 6 nitrogen and oxygen atoms in total. The van der Waals surface area contributed by atoms with Gasteiger partial charge >= 0.3 is 17.9 Å². The summed E-state index contributed by atoms with van der Waals surface area (Å²) in [5, 5.41) is 0. The lowest BCUT2D eigenvalue weighted by Gasteiger charge is -2.18. The topological polar surface area (TPSA) is 78.9 Å². The van der Waals surface area contributed by atoms with Crippen molar-refractivity contribution >= 4 is 17.9 Å². The van der Waals surface area contributed by atoms with Crippen molar-refractivity contribution in [3.05, 3.63) is 36.5 Å². The van der Waals surface area contributed by atoms with Gasteiger partial charge in [0.25, 0.3) is 0 Å². The summed E-state index contributed by atoms with van der Waals surface area (Å²) in [6, 6.07) is 0. The third kappa shape index (κ3) is 46.7. The van der Waals surface area contributed by atoms with Crippen molar-refractivity contribution in [3.63, 3.8) is 0 Å². The molecule has 0 N–H and O–H groups in total. The molecule has 0 fully saturated rings. The molecule has 0 aliphatic heterocycles. The van der Waals surface area contributed by atoms with Crippen LogP contribution in [0.15, 0.2) is 36.5 Å². The van der Waals surface area contributed by atoms with Crippen LogP contribution >= 0.6 is 0 Å². The van der Waals surface area contributed by atoms with Gasteiger partial charge in [-0.2, -0.15) is 0 Å². The van der Waals surface area contributed by atoms with Gasteiger partial charge in [0.05, 0.1) is 0 Å². The van der Waals surface area contributed by atoms with Crippen LogP contribution in [0, 0.1) is 0 Å². The Morgan fingerprint density at radius 1 is 0.333 bits per heavy atom. The zero-order valence-corrected chi connectivity index (χ0v) is 40.0. The Morgan fingerprint density at radius 2 is 0.600 bits per heavy atom. The van der Waals surface area contributed by atoms with Gasteiger partial charge < -0.3 is 14.2 Å². The van der Waals surface area contributed by atoms with Crippen molar-refractivity contribution in [2.75, 3.05) is 13.2 Å². The first-order valence-electron chi connectivity index (χ1n) is 26.0. The molecule has 6 heteroatoms. The van der Waals surface area contributed by atoms with Crippen molar-refractivity contribution in [2.45, 2.75) is 277 Å². The molecule has 0 saturated heterocycles. The van der Waals surface area contributed by atoms with Gasteiger partial charge in [-0.05, 0) is 77.0 Å². The summed E-state index contributed by atoms with van der Waals surface area (Å²) in [5.74, 6) is -0.883. The predicted molar refractivity (Wildman–Crippen MR) is 256 cm³/mol. The standard InChI is InChI=1S/C54H98O6/c1-4-7-10-13-16-19-22-24-26-27-28-30-32-35-38-41-44-47-53(56)59-50-51(49-58-52(55)46-43-40-37-34-31-21-18-15-12-9-6-3)60-54(57)48-45-42-39-36-33-29-25-23-20-17-14-11-8-5-2/h16,19,23-26,51H,4-15,17-18,20-22,27-50H2,1-3H3/b19-16-,25-23-,26-24-/t51-/m1/s1. The molecule has 0 heterocycles. The van der Waals surface area contributed by atoms with Crippen LogP contribution in [0.3, 0.4) is 0 Å². The smallest absolute Gasteiger partial charge is 0.306 e. The molecule has 0 rings (SSSR count). The quantitative estimate of drug-likeness (QED) is 0.0263. The molecule has 60 heavy (non-hydrogen) atoms. The molecule has 0 radical (unpaired) electrons. The number of hydrogen-bond acceptors (Lipinski definition) is 6. The largest absolute Gasteiger partial charge is 0.462 e. The molecular weight excluding hydrogens is 745 g/mol.